The first-order valence-corrected chi connectivity index (χ1v) is 14.7. The maximum atomic E-state index is 12.3. The molecule has 42 heavy (non-hydrogen) atoms. The number of carbonyl (C=O) groups is 3. The fourth-order valence-corrected chi connectivity index (χ4v) is 5.66. The summed E-state index contributed by atoms with van der Waals surface area (Å²) in [5, 5.41) is 15.0. The molecule has 10 heteroatoms. The van der Waals surface area contributed by atoms with Gasteiger partial charge in [-0.05, 0) is 54.4 Å². The van der Waals surface area contributed by atoms with Gasteiger partial charge >= 0.3 is 5.97 Å². The van der Waals surface area contributed by atoms with Crippen molar-refractivity contribution in [1.82, 2.24) is 0 Å². The number of hydrogen-bond acceptors (Lipinski definition) is 8. The molecule has 3 N–H and O–H groups in total. The van der Waals surface area contributed by atoms with Crippen molar-refractivity contribution < 1.29 is 33.7 Å². The van der Waals surface area contributed by atoms with Crippen LogP contribution in [0.1, 0.15) is 56.8 Å². The number of rotatable bonds is 10. The molecule has 1 fully saturated rings. The zero-order valence-corrected chi connectivity index (χ0v) is 24.9. The van der Waals surface area contributed by atoms with Gasteiger partial charge < -0.3 is 30.0 Å². The average Bonchev–Trinajstić information content (AvgIpc) is 2.97. The Morgan fingerprint density at radius 2 is 1.48 bits per heavy atom. The maximum absolute atomic E-state index is 12.3. The molecule has 0 spiro atoms. The minimum Gasteiger partial charge on any atom is -0.453 e. The summed E-state index contributed by atoms with van der Waals surface area (Å²) in [5.74, 6) is -0.368. The van der Waals surface area contributed by atoms with Crippen molar-refractivity contribution in [1.29, 1.82) is 0 Å². The smallest absolute Gasteiger partial charge is 0.303 e. The Balaban J connectivity index is 1.50. The molecule has 2 amide bonds. The second-order valence-corrected chi connectivity index (χ2v) is 11.3. The Kier molecular flexibility index (Phi) is 10.8. The number of hydrogen-bond donors (Lipinski definition) is 3. The van der Waals surface area contributed by atoms with Crippen LogP contribution in [0.15, 0.2) is 77.7 Å². The van der Waals surface area contributed by atoms with E-state index in [1.165, 1.54) is 20.8 Å². The molecule has 1 aliphatic rings. The number of anilines is 2. The Bertz CT molecular complexity index is 1360. The number of benzene rings is 3. The lowest BCUT2D eigenvalue weighted by Gasteiger charge is -2.41. The van der Waals surface area contributed by atoms with Crippen LogP contribution in [-0.4, -0.2) is 40.9 Å². The third kappa shape index (κ3) is 8.42. The fourth-order valence-electron chi connectivity index (χ4n) is 4.60. The zero-order valence-electron chi connectivity index (χ0n) is 24.0. The molecule has 0 radical (unpaired) electrons. The number of esters is 1. The highest BCUT2D eigenvalue weighted by molar-refractivity contribution is 7.99. The van der Waals surface area contributed by atoms with E-state index in [1.807, 2.05) is 60.7 Å². The van der Waals surface area contributed by atoms with Gasteiger partial charge in [-0.3, -0.25) is 14.4 Å². The normalized spacial score (nSPS) is 20.8. The van der Waals surface area contributed by atoms with Gasteiger partial charge in [0.05, 0.1) is 18.8 Å². The molecule has 0 aromatic heterocycles. The van der Waals surface area contributed by atoms with E-state index in [-0.39, 0.29) is 30.6 Å². The van der Waals surface area contributed by atoms with E-state index in [0.29, 0.717) is 11.4 Å². The predicted molar refractivity (Wildman–Crippen MR) is 161 cm³/mol. The molecule has 1 heterocycles. The Labute approximate surface area is 249 Å². The maximum Gasteiger partial charge on any atom is 0.303 e. The third-order valence-corrected chi connectivity index (χ3v) is 7.98. The van der Waals surface area contributed by atoms with E-state index in [4.69, 9.17) is 14.2 Å². The second kappa shape index (κ2) is 14.5. The van der Waals surface area contributed by atoms with Gasteiger partial charge in [-0.1, -0.05) is 43.3 Å². The minimum absolute atomic E-state index is 0.0219. The van der Waals surface area contributed by atoms with Crippen molar-refractivity contribution in [3.63, 3.8) is 0 Å². The highest BCUT2D eigenvalue weighted by Gasteiger charge is 2.38. The monoisotopic (exact) mass is 592 g/mol. The molecule has 5 unspecified atom stereocenters. The van der Waals surface area contributed by atoms with Crippen LogP contribution in [-0.2, 0) is 35.2 Å². The van der Waals surface area contributed by atoms with Gasteiger partial charge in [0.2, 0.25) is 5.91 Å². The van der Waals surface area contributed by atoms with Gasteiger partial charge in [-0.2, -0.15) is 0 Å². The summed E-state index contributed by atoms with van der Waals surface area (Å²) in [4.78, 5) is 35.9. The number of ether oxygens (including phenoxy) is 3. The van der Waals surface area contributed by atoms with E-state index in [2.05, 4.69) is 17.6 Å². The second-order valence-electron chi connectivity index (χ2n) is 10.2. The lowest BCUT2D eigenvalue weighted by Crippen LogP contribution is -2.38. The summed E-state index contributed by atoms with van der Waals surface area (Å²) in [6.45, 7) is 6.32. The van der Waals surface area contributed by atoms with Crippen LogP contribution in [0.5, 0.6) is 0 Å². The molecule has 222 valence electrons. The first-order chi connectivity index (χ1) is 20.1. The van der Waals surface area contributed by atoms with Gasteiger partial charge in [-0.25, -0.2) is 0 Å². The SMILES string of the molecule is CC(=O)Nc1ccc(SCC2OC(c3ccc(NC(=O)C(C)OC(C)=O)cc3)OC(c3ccc(CO)cc3)C2C)cc1. The van der Waals surface area contributed by atoms with Crippen LogP contribution in [0, 0.1) is 5.92 Å². The highest BCUT2D eigenvalue weighted by Crippen LogP contribution is 2.43. The number of amides is 2. The van der Waals surface area contributed by atoms with Crippen LogP contribution in [0.2, 0.25) is 0 Å². The van der Waals surface area contributed by atoms with Gasteiger partial charge in [0, 0.05) is 47.4 Å². The molecular formula is C32H36N2O7S. The molecule has 3 aromatic carbocycles. The van der Waals surface area contributed by atoms with Crippen LogP contribution in [0.4, 0.5) is 11.4 Å². The summed E-state index contributed by atoms with van der Waals surface area (Å²) in [6.07, 6.45) is -1.98. The molecule has 0 saturated carbocycles. The van der Waals surface area contributed by atoms with Crippen LogP contribution < -0.4 is 10.6 Å². The number of aliphatic hydroxyl groups is 1. The first kappa shape index (κ1) is 31.2. The van der Waals surface area contributed by atoms with E-state index in [1.54, 1.807) is 23.9 Å². The first-order valence-electron chi connectivity index (χ1n) is 13.7. The molecule has 9 nitrogen and oxygen atoms in total. The van der Waals surface area contributed by atoms with Crippen LogP contribution in [0.25, 0.3) is 0 Å². The summed E-state index contributed by atoms with van der Waals surface area (Å²) < 4.78 is 17.9. The molecule has 1 saturated heterocycles. The van der Waals surface area contributed by atoms with Crippen molar-refractivity contribution in [2.75, 3.05) is 16.4 Å². The fraction of sp³-hybridized carbons (Fsp3) is 0.344. The predicted octanol–water partition coefficient (Wildman–Crippen LogP) is 5.61. The molecule has 5 atom stereocenters. The number of nitrogens with one attached hydrogen (secondary N) is 2. The largest absolute Gasteiger partial charge is 0.453 e. The summed E-state index contributed by atoms with van der Waals surface area (Å²) in [5.41, 5.74) is 3.91. The summed E-state index contributed by atoms with van der Waals surface area (Å²) in [6, 6.07) is 22.6. The van der Waals surface area contributed by atoms with Crippen LogP contribution in [0.3, 0.4) is 0 Å². The van der Waals surface area contributed by atoms with Gasteiger partial charge in [0.15, 0.2) is 12.4 Å². The molecule has 3 aromatic rings. The van der Waals surface area contributed by atoms with Crippen molar-refractivity contribution in [3.8, 4) is 0 Å². The Morgan fingerprint density at radius 1 is 0.881 bits per heavy atom. The zero-order chi connectivity index (χ0) is 30.2. The van der Waals surface area contributed by atoms with Gasteiger partial charge in [-0.15, -0.1) is 11.8 Å². The minimum atomic E-state index is -0.911. The molecule has 4 rings (SSSR count). The standard InChI is InChI=1S/C32H36N2O7S/c1-19-29(18-42-28-15-13-26(14-16-28)33-21(3)36)40-32(41-30(19)24-7-5-23(17-35)6-8-24)25-9-11-27(12-10-25)34-31(38)20(2)39-22(4)37/h5-16,19-20,29-30,32,35H,17-18H2,1-4H3,(H,33,36)(H,34,38). The lowest BCUT2D eigenvalue weighted by molar-refractivity contribution is -0.268. The quantitative estimate of drug-likeness (QED) is 0.205. The Morgan fingerprint density at radius 3 is 2.07 bits per heavy atom. The van der Waals surface area contributed by atoms with E-state index >= 15 is 0 Å². The number of thioether (sulfide) groups is 1. The molecule has 0 bridgehead atoms. The number of carbonyl (C=O) groups excluding carboxylic acids is 3. The van der Waals surface area contributed by atoms with Gasteiger partial charge in [0.25, 0.3) is 5.91 Å². The average molecular weight is 593 g/mol. The van der Waals surface area contributed by atoms with Crippen molar-refractivity contribution >= 4 is 40.9 Å². The van der Waals surface area contributed by atoms with Crippen molar-refractivity contribution in [2.45, 2.75) is 63.8 Å². The van der Waals surface area contributed by atoms with Crippen LogP contribution >= 0.6 is 11.8 Å². The lowest BCUT2D eigenvalue weighted by atomic mass is 9.91. The summed E-state index contributed by atoms with van der Waals surface area (Å²) >= 11 is 1.67. The van der Waals surface area contributed by atoms with E-state index in [9.17, 15) is 19.5 Å². The molecule has 1 aliphatic heterocycles. The van der Waals surface area contributed by atoms with E-state index < -0.39 is 24.3 Å². The number of aliphatic hydroxyl groups excluding tert-OH is 1. The summed E-state index contributed by atoms with van der Waals surface area (Å²) in [7, 11) is 0. The highest BCUT2D eigenvalue weighted by atomic mass is 32.2. The Hall–Kier alpha value is -3.70. The van der Waals surface area contributed by atoms with Crippen molar-refractivity contribution in [2.24, 2.45) is 5.92 Å². The van der Waals surface area contributed by atoms with Gasteiger partial charge in [0.1, 0.15) is 0 Å². The third-order valence-electron chi connectivity index (χ3n) is 6.87. The topological polar surface area (TPSA) is 123 Å². The van der Waals surface area contributed by atoms with Crippen molar-refractivity contribution in [3.05, 3.63) is 89.5 Å². The molecular weight excluding hydrogens is 556 g/mol. The van der Waals surface area contributed by atoms with E-state index in [0.717, 1.165) is 27.3 Å². The molecule has 0 aliphatic carbocycles.